The summed E-state index contributed by atoms with van der Waals surface area (Å²) in [6.45, 7) is 4.75. The molecule has 1 aromatic heterocycles. The summed E-state index contributed by atoms with van der Waals surface area (Å²) in [7, 11) is 3.47. The Labute approximate surface area is 170 Å². The largest absolute Gasteiger partial charge is 0.451 e. The highest BCUT2D eigenvalue weighted by Crippen LogP contribution is 2.32. The van der Waals surface area contributed by atoms with Crippen LogP contribution in [0.3, 0.4) is 0 Å². The van der Waals surface area contributed by atoms with Gasteiger partial charge in [0.25, 0.3) is 5.91 Å². The van der Waals surface area contributed by atoms with Gasteiger partial charge in [-0.1, -0.05) is 6.92 Å². The number of hydrogen-bond acceptors (Lipinski definition) is 6. The Morgan fingerprint density at radius 1 is 1.21 bits per heavy atom. The molecule has 1 aliphatic heterocycles. The van der Waals surface area contributed by atoms with Crippen LogP contribution in [0.15, 0.2) is 6.07 Å². The van der Waals surface area contributed by atoms with Crippen molar-refractivity contribution in [2.75, 3.05) is 53.4 Å². The van der Waals surface area contributed by atoms with Gasteiger partial charge >= 0.3 is 5.97 Å². The van der Waals surface area contributed by atoms with Crippen molar-refractivity contribution in [3.63, 3.8) is 0 Å². The lowest BCUT2D eigenvalue weighted by molar-refractivity contribution is -0.137. The molecule has 1 aliphatic carbocycles. The van der Waals surface area contributed by atoms with E-state index in [1.807, 2.05) is 11.0 Å². The van der Waals surface area contributed by atoms with Gasteiger partial charge in [-0.15, -0.1) is 11.3 Å². The van der Waals surface area contributed by atoms with Crippen LogP contribution in [0.4, 0.5) is 0 Å². The molecule has 0 aromatic carbocycles. The fourth-order valence-electron chi connectivity index (χ4n) is 3.58. The number of aryl methyl sites for hydroxylation is 1. The Kier molecular flexibility index (Phi) is 6.72. The summed E-state index contributed by atoms with van der Waals surface area (Å²) in [5.74, 6) is 0.124. The highest BCUT2D eigenvalue weighted by Gasteiger charge is 2.25. The van der Waals surface area contributed by atoms with E-state index in [-0.39, 0.29) is 18.4 Å². The Bertz CT molecular complexity index is 738. The molecule has 3 rings (SSSR count). The van der Waals surface area contributed by atoms with E-state index in [0.717, 1.165) is 19.3 Å². The zero-order chi connectivity index (χ0) is 20.3. The van der Waals surface area contributed by atoms with Crippen molar-refractivity contribution >= 4 is 29.1 Å². The van der Waals surface area contributed by atoms with Gasteiger partial charge in [-0.3, -0.25) is 14.5 Å². The fraction of sp³-hybridized carbons (Fsp3) is 0.650. The second-order valence-electron chi connectivity index (χ2n) is 7.93. The van der Waals surface area contributed by atoms with E-state index in [0.29, 0.717) is 43.5 Å². The van der Waals surface area contributed by atoms with Gasteiger partial charge < -0.3 is 14.5 Å². The Balaban J connectivity index is 1.43. The van der Waals surface area contributed by atoms with Gasteiger partial charge in [0.05, 0.1) is 6.54 Å². The minimum Gasteiger partial charge on any atom is -0.451 e. The van der Waals surface area contributed by atoms with Crippen LogP contribution in [0.2, 0.25) is 0 Å². The van der Waals surface area contributed by atoms with E-state index < -0.39 is 5.97 Å². The van der Waals surface area contributed by atoms with Crippen LogP contribution in [0.25, 0.3) is 0 Å². The summed E-state index contributed by atoms with van der Waals surface area (Å²) in [5, 5.41) is 0. The number of piperazine rings is 1. The molecule has 1 fully saturated rings. The maximum atomic E-state index is 12.4. The number of likely N-dealkylation sites (N-methyl/N-ethyl adjacent to an activating group) is 1. The van der Waals surface area contributed by atoms with Crippen LogP contribution in [0.5, 0.6) is 0 Å². The number of esters is 1. The predicted molar refractivity (Wildman–Crippen MR) is 108 cm³/mol. The fourth-order valence-corrected chi connectivity index (χ4v) is 4.69. The number of carbonyl (C=O) groups excluding carboxylic acids is 3. The zero-order valence-corrected chi connectivity index (χ0v) is 17.7. The van der Waals surface area contributed by atoms with Gasteiger partial charge in [0.1, 0.15) is 4.88 Å². The first kappa shape index (κ1) is 20.8. The van der Waals surface area contributed by atoms with E-state index in [9.17, 15) is 14.4 Å². The molecule has 28 heavy (non-hydrogen) atoms. The van der Waals surface area contributed by atoms with Crippen LogP contribution in [0, 0.1) is 5.92 Å². The third-order valence-corrected chi connectivity index (χ3v) is 6.66. The smallest absolute Gasteiger partial charge is 0.348 e. The predicted octanol–water partition coefficient (Wildman–Crippen LogP) is 1.26. The molecule has 0 unspecified atom stereocenters. The zero-order valence-electron chi connectivity index (χ0n) is 16.9. The molecule has 1 aromatic rings. The lowest BCUT2D eigenvalue weighted by atomic mass is 9.90. The van der Waals surface area contributed by atoms with Crippen molar-refractivity contribution in [3.8, 4) is 0 Å². The maximum Gasteiger partial charge on any atom is 0.348 e. The van der Waals surface area contributed by atoms with Crippen molar-refractivity contribution in [1.29, 1.82) is 0 Å². The van der Waals surface area contributed by atoms with E-state index >= 15 is 0 Å². The number of thiophene rings is 1. The van der Waals surface area contributed by atoms with Crippen molar-refractivity contribution in [2.24, 2.45) is 5.92 Å². The van der Waals surface area contributed by atoms with Crippen molar-refractivity contribution in [3.05, 3.63) is 21.4 Å². The summed E-state index contributed by atoms with van der Waals surface area (Å²) in [6.07, 6.45) is 3.19. The van der Waals surface area contributed by atoms with Crippen molar-refractivity contribution < 1.29 is 19.1 Å². The highest BCUT2D eigenvalue weighted by atomic mass is 32.1. The Hall–Kier alpha value is -1.93. The molecule has 1 saturated heterocycles. The summed E-state index contributed by atoms with van der Waals surface area (Å²) < 4.78 is 5.28. The van der Waals surface area contributed by atoms with Gasteiger partial charge in [0.15, 0.2) is 6.61 Å². The molecule has 154 valence electrons. The molecule has 0 saturated carbocycles. The molecule has 0 bridgehead atoms. The summed E-state index contributed by atoms with van der Waals surface area (Å²) >= 11 is 1.50. The van der Waals surface area contributed by atoms with E-state index in [1.165, 1.54) is 21.8 Å². The number of carbonyl (C=O) groups is 3. The quantitative estimate of drug-likeness (QED) is 0.688. The van der Waals surface area contributed by atoms with Crippen LogP contribution >= 0.6 is 11.3 Å². The lowest BCUT2D eigenvalue weighted by Gasteiger charge is -2.34. The first-order valence-electron chi connectivity index (χ1n) is 9.82. The van der Waals surface area contributed by atoms with Crippen LogP contribution in [-0.2, 0) is 27.2 Å². The average molecular weight is 408 g/mol. The van der Waals surface area contributed by atoms with E-state index in [2.05, 4.69) is 6.92 Å². The maximum absolute atomic E-state index is 12.4. The lowest BCUT2D eigenvalue weighted by Crippen LogP contribution is -2.51. The summed E-state index contributed by atoms with van der Waals surface area (Å²) in [5.41, 5.74) is 1.26. The second kappa shape index (κ2) is 9.05. The standard InChI is InChI=1S/C20H29N3O4S/c1-14-4-5-16-15(10-14)11-17(28-16)20(26)27-13-19(25)23-8-6-22(7-9-23)12-18(24)21(2)3/h11,14H,4-10,12-13H2,1-3H3/t14-/m1/s1. The molecular formula is C20H29N3O4S. The number of rotatable bonds is 5. The molecule has 8 heteroatoms. The van der Waals surface area contributed by atoms with E-state index in [1.54, 1.807) is 23.9 Å². The first-order chi connectivity index (χ1) is 13.3. The van der Waals surface area contributed by atoms with Crippen molar-refractivity contribution in [2.45, 2.75) is 26.2 Å². The number of hydrogen-bond donors (Lipinski definition) is 0. The second-order valence-corrected chi connectivity index (χ2v) is 9.07. The number of ether oxygens (including phenoxy) is 1. The molecule has 2 aliphatic rings. The van der Waals surface area contributed by atoms with E-state index in [4.69, 9.17) is 4.74 Å². The van der Waals surface area contributed by atoms with Crippen molar-refractivity contribution in [1.82, 2.24) is 14.7 Å². The van der Waals surface area contributed by atoms with Gasteiger partial charge in [-0.05, 0) is 36.8 Å². The Morgan fingerprint density at radius 2 is 1.93 bits per heavy atom. The molecule has 7 nitrogen and oxygen atoms in total. The normalized spacial score (nSPS) is 19.8. The third-order valence-electron chi connectivity index (χ3n) is 5.44. The summed E-state index contributed by atoms with van der Waals surface area (Å²) in [6, 6.07) is 1.93. The SMILES string of the molecule is C[C@@H]1CCc2sc(C(=O)OCC(=O)N3CCN(CC(=O)N(C)C)CC3)cc2C1. The molecular weight excluding hydrogens is 378 g/mol. The van der Waals surface area contributed by atoms with Gasteiger partial charge in [-0.2, -0.15) is 0 Å². The van der Waals surface area contributed by atoms with Crippen LogP contribution < -0.4 is 0 Å². The topological polar surface area (TPSA) is 70.2 Å². The van der Waals surface area contributed by atoms with Crippen LogP contribution in [0.1, 0.15) is 33.5 Å². The monoisotopic (exact) mass is 407 g/mol. The molecule has 1 atom stereocenters. The van der Waals surface area contributed by atoms with Gasteiger partial charge in [-0.25, -0.2) is 4.79 Å². The van der Waals surface area contributed by atoms with Gasteiger partial charge in [0, 0.05) is 45.2 Å². The molecule has 2 heterocycles. The number of amides is 2. The highest BCUT2D eigenvalue weighted by molar-refractivity contribution is 7.14. The number of nitrogens with zero attached hydrogens (tertiary/aromatic N) is 3. The Morgan fingerprint density at radius 3 is 2.61 bits per heavy atom. The molecule has 2 amide bonds. The molecule has 0 radical (unpaired) electrons. The first-order valence-corrected chi connectivity index (χ1v) is 10.6. The average Bonchev–Trinajstić information content (AvgIpc) is 3.09. The minimum atomic E-state index is -0.407. The van der Waals surface area contributed by atoms with Crippen LogP contribution in [-0.4, -0.2) is 85.9 Å². The van der Waals surface area contributed by atoms with Gasteiger partial charge in [0.2, 0.25) is 5.91 Å². The molecule has 0 N–H and O–H groups in total. The number of fused-ring (bicyclic) bond motifs is 1. The molecule has 0 spiro atoms. The summed E-state index contributed by atoms with van der Waals surface area (Å²) in [4.78, 5) is 43.7. The minimum absolute atomic E-state index is 0.0572. The third kappa shape index (κ3) is 5.11.